The number of aryl methyl sites for hydroxylation is 3. The summed E-state index contributed by atoms with van der Waals surface area (Å²) in [5.41, 5.74) is 3.57. The number of imidazole rings is 1. The molecule has 2 N–H and O–H groups in total. The van der Waals surface area contributed by atoms with Gasteiger partial charge in [0, 0.05) is 30.2 Å². The third-order valence-corrected chi connectivity index (χ3v) is 7.12. The predicted octanol–water partition coefficient (Wildman–Crippen LogP) is 4.67. The Labute approximate surface area is 203 Å². The summed E-state index contributed by atoms with van der Waals surface area (Å²) in [5, 5.41) is 2.75. The van der Waals surface area contributed by atoms with Crippen molar-refractivity contribution in [2.45, 2.75) is 32.2 Å². The van der Waals surface area contributed by atoms with E-state index >= 15 is 0 Å². The Kier molecular flexibility index (Phi) is 6.70. The molecule has 0 aliphatic rings. The number of nitrogens with zero attached hydrogens (tertiary/aromatic N) is 2. The van der Waals surface area contributed by atoms with E-state index in [0.29, 0.717) is 28.3 Å². The Morgan fingerprint density at radius 3 is 2.34 bits per heavy atom. The minimum Gasteiger partial charge on any atom is -0.348 e. The lowest BCUT2D eigenvalue weighted by Gasteiger charge is -2.11. The number of halogens is 1. The number of carbonyl (C=O) groups excluding carboxylic acids is 1. The van der Waals surface area contributed by atoms with Crippen molar-refractivity contribution in [1.29, 1.82) is 0 Å². The first kappa shape index (κ1) is 24.2. The predicted molar refractivity (Wildman–Crippen MR) is 133 cm³/mol. The summed E-state index contributed by atoms with van der Waals surface area (Å²) < 4.78 is 44.1. The van der Waals surface area contributed by atoms with Gasteiger partial charge in [-0.05, 0) is 86.0 Å². The lowest BCUT2D eigenvalue weighted by atomic mass is 10.1. The zero-order valence-corrected chi connectivity index (χ0v) is 20.4. The van der Waals surface area contributed by atoms with Crippen LogP contribution in [0.2, 0.25) is 0 Å². The summed E-state index contributed by atoms with van der Waals surface area (Å²) in [7, 11) is -3.75. The lowest BCUT2D eigenvalue weighted by Crippen LogP contribution is -2.23. The van der Waals surface area contributed by atoms with Crippen LogP contribution < -0.4 is 10.0 Å². The molecule has 180 valence electrons. The monoisotopic (exact) mass is 492 g/mol. The largest absolute Gasteiger partial charge is 0.348 e. The molecule has 7 nitrogen and oxygen atoms in total. The molecule has 0 bridgehead atoms. The molecule has 0 aliphatic heterocycles. The molecule has 1 aromatic heterocycles. The molecular weight excluding hydrogens is 467 g/mol. The zero-order chi connectivity index (χ0) is 25.2. The van der Waals surface area contributed by atoms with Crippen LogP contribution in [0.5, 0.6) is 0 Å². The smallest absolute Gasteiger partial charge is 0.261 e. The summed E-state index contributed by atoms with van der Waals surface area (Å²) in [6, 6.07) is 15.8. The highest BCUT2D eigenvalue weighted by Crippen LogP contribution is 2.20. The molecule has 1 heterocycles. The Hall–Kier alpha value is -3.98. The molecule has 35 heavy (non-hydrogen) atoms. The normalized spacial score (nSPS) is 11.3. The Morgan fingerprint density at radius 2 is 1.71 bits per heavy atom. The highest BCUT2D eigenvalue weighted by atomic mass is 32.2. The number of aromatic nitrogens is 2. The fraction of sp³-hybridized carbons (Fsp3) is 0.154. The summed E-state index contributed by atoms with van der Waals surface area (Å²) in [5.74, 6) is -0.105. The Balaban J connectivity index is 1.39. The van der Waals surface area contributed by atoms with Gasteiger partial charge in [0.1, 0.15) is 11.6 Å². The zero-order valence-electron chi connectivity index (χ0n) is 19.5. The van der Waals surface area contributed by atoms with E-state index in [1.165, 1.54) is 30.3 Å². The molecule has 1 amide bonds. The molecule has 0 atom stereocenters. The minimum atomic E-state index is -3.75. The van der Waals surface area contributed by atoms with Gasteiger partial charge in [-0.25, -0.2) is 17.8 Å². The van der Waals surface area contributed by atoms with E-state index in [0.717, 1.165) is 11.1 Å². The molecule has 0 spiro atoms. The van der Waals surface area contributed by atoms with Gasteiger partial charge in [0.25, 0.3) is 15.9 Å². The number of sulfonamides is 1. The lowest BCUT2D eigenvalue weighted by molar-refractivity contribution is 0.0951. The third-order valence-electron chi connectivity index (χ3n) is 5.74. The van der Waals surface area contributed by atoms with E-state index < -0.39 is 15.8 Å². The van der Waals surface area contributed by atoms with Gasteiger partial charge >= 0.3 is 0 Å². The number of hydrogen-bond acceptors (Lipinski definition) is 4. The van der Waals surface area contributed by atoms with E-state index in [9.17, 15) is 17.6 Å². The second-order valence-corrected chi connectivity index (χ2v) is 9.92. The van der Waals surface area contributed by atoms with Crippen LogP contribution in [0.4, 0.5) is 10.1 Å². The van der Waals surface area contributed by atoms with Gasteiger partial charge < -0.3 is 9.88 Å². The number of rotatable bonds is 7. The van der Waals surface area contributed by atoms with Gasteiger partial charge in [0.2, 0.25) is 0 Å². The first-order valence-corrected chi connectivity index (χ1v) is 12.4. The Bertz CT molecular complexity index is 1500. The van der Waals surface area contributed by atoms with Gasteiger partial charge in [-0.15, -0.1) is 0 Å². The van der Waals surface area contributed by atoms with Crippen molar-refractivity contribution in [3.63, 3.8) is 0 Å². The topological polar surface area (TPSA) is 93.1 Å². The van der Waals surface area contributed by atoms with Gasteiger partial charge in [0.05, 0.1) is 10.6 Å². The van der Waals surface area contributed by atoms with Crippen LogP contribution in [0.25, 0.3) is 5.69 Å². The average Bonchev–Trinajstić information content (AvgIpc) is 3.25. The molecule has 0 saturated carbocycles. The van der Waals surface area contributed by atoms with Gasteiger partial charge in [-0.3, -0.25) is 9.52 Å². The summed E-state index contributed by atoms with van der Waals surface area (Å²) in [6.45, 7) is 5.69. The van der Waals surface area contributed by atoms with Crippen LogP contribution in [-0.2, 0) is 16.6 Å². The maximum atomic E-state index is 14.6. The quantitative estimate of drug-likeness (QED) is 0.392. The van der Waals surface area contributed by atoms with Crippen LogP contribution >= 0.6 is 0 Å². The third kappa shape index (κ3) is 5.41. The highest BCUT2D eigenvalue weighted by molar-refractivity contribution is 7.92. The second-order valence-electron chi connectivity index (χ2n) is 8.24. The molecule has 0 radical (unpaired) electrons. The molecule has 3 aromatic carbocycles. The summed E-state index contributed by atoms with van der Waals surface area (Å²) in [4.78, 5) is 16.8. The van der Waals surface area contributed by atoms with Crippen molar-refractivity contribution >= 4 is 21.6 Å². The van der Waals surface area contributed by atoms with Gasteiger partial charge in [-0.1, -0.05) is 12.1 Å². The maximum absolute atomic E-state index is 14.6. The number of benzene rings is 3. The van der Waals surface area contributed by atoms with E-state index in [1.54, 1.807) is 54.2 Å². The second kappa shape index (κ2) is 9.71. The minimum absolute atomic E-state index is 0.139. The number of anilines is 1. The first-order valence-electron chi connectivity index (χ1n) is 10.9. The molecule has 0 fully saturated rings. The molecule has 9 heteroatoms. The molecule has 4 rings (SSSR count). The molecule has 0 unspecified atom stereocenters. The highest BCUT2D eigenvalue weighted by Gasteiger charge is 2.15. The van der Waals surface area contributed by atoms with Gasteiger partial charge in [0.15, 0.2) is 0 Å². The van der Waals surface area contributed by atoms with Crippen molar-refractivity contribution in [3.05, 3.63) is 107 Å². The van der Waals surface area contributed by atoms with Crippen molar-refractivity contribution in [1.82, 2.24) is 14.9 Å². The number of amides is 1. The Morgan fingerprint density at radius 1 is 0.971 bits per heavy atom. The SMILES string of the molecule is Cc1ccc(S(=O)(=O)Nc2ccc(C(=O)NCc3ccc(-n4ccnc4C)c(F)c3)cc2)cc1C. The van der Waals surface area contributed by atoms with E-state index in [4.69, 9.17) is 0 Å². The van der Waals surface area contributed by atoms with Crippen molar-refractivity contribution < 1.29 is 17.6 Å². The van der Waals surface area contributed by atoms with Crippen molar-refractivity contribution in [3.8, 4) is 5.69 Å². The average molecular weight is 493 g/mol. The number of nitrogens with one attached hydrogen (secondary N) is 2. The first-order chi connectivity index (χ1) is 16.6. The molecule has 4 aromatic rings. The van der Waals surface area contributed by atoms with Crippen LogP contribution in [0.15, 0.2) is 78.0 Å². The van der Waals surface area contributed by atoms with Crippen LogP contribution in [0, 0.1) is 26.6 Å². The molecular formula is C26H25FN4O3S. The maximum Gasteiger partial charge on any atom is 0.261 e. The number of carbonyl (C=O) groups is 1. The van der Waals surface area contributed by atoms with Crippen LogP contribution in [0.1, 0.15) is 32.9 Å². The molecule has 0 saturated heterocycles. The standard InChI is InChI=1S/C26H25FN4O3S/c1-17-4-10-23(14-18(17)2)35(33,34)30-22-8-6-21(7-9-22)26(32)29-16-20-5-11-25(24(27)15-20)31-13-12-28-19(31)3/h4-15,30H,16H2,1-3H3,(H,29,32). The fourth-order valence-corrected chi connectivity index (χ4v) is 4.70. The van der Waals surface area contributed by atoms with Crippen molar-refractivity contribution in [2.24, 2.45) is 0 Å². The van der Waals surface area contributed by atoms with Crippen LogP contribution in [0.3, 0.4) is 0 Å². The van der Waals surface area contributed by atoms with Gasteiger partial charge in [-0.2, -0.15) is 0 Å². The van der Waals surface area contributed by atoms with Crippen LogP contribution in [-0.4, -0.2) is 23.9 Å². The van der Waals surface area contributed by atoms with E-state index in [1.807, 2.05) is 13.8 Å². The van der Waals surface area contributed by atoms with Crippen molar-refractivity contribution in [2.75, 3.05) is 4.72 Å². The molecule has 0 aliphatic carbocycles. The number of hydrogen-bond donors (Lipinski definition) is 2. The van der Waals surface area contributed by atoms with E-state index in [2.05, 4.69) is 15.0 Å². The fourth-order valence-electron chi connectivity index (χ4n) is 3.56. The summed E-state index contributed by atoms with van der Waals surface area (Å²) in [6.07, 6.45) is 3.28. The summed E-state index contributed by atoms with van der Waals surface area (Å²) >= 11 is 0. The van der Waals surface area contributed by atoms with E-state index in [-0.39, 0.29) is 17.3 Å².